The van der Waals surface area contributed by atoms with Crippen molar-refractivity contribution in [3.63, 3.8) is 0 Å². The van der Waals surface area contributed by atoms with E-state index in [1.54, 1.807) is 12.3 Å². The summed E-state index contributed by atoms with van der Waals surface area (Å²) >= 11 is 5.80. The van der Waals surface area contributed by atoms with Gasteiger partial charge in [-0.1, -0.05) is 17.7 Å². The molecule has 0 spiro atoms. The highest BCUT2D eigenvalue weighted by atomic mass is 35.5. The predicted molar refractivity (Wildman–Crippen MR) is 50.3 cm³/mol. The molecule has 1 N–H and O–H groups in total. The zero-order valence-electron chi connectivity index (χ0n) is 6.79. The van der Waals surface area contributed by atoms with Gasteiger partial charge in [0, 0.05) is 6.04 Å². The van der Waals surface area contributed by atoms with E-state index in [-0.39, 0.29) is 6.04 Å². The number of nitrogens with zero attached hydrogens (tertiary/aromatic N) is 2. The molecule has 4 heteroatoms. The van der Waals surface area contributed by atoms with E-state index in [2.05, 4.69) is 21.9 Å². The van der Waals surface area contributed by atoms with Crippen LogP contribution in [-0.2, 0) is 0 Å². The molecule has 64 valence electrons. The van der Waals surface area contributed by atoms with Crippen molar-refractivity contribution in [2.75, 3.05) is 5.32 Å². The van der Waals surface area contributed by atoms with E-state index >= 15 is 0 Å². The van der Waals surface area contributed by atoms with Crippen LogP contribution in [0.15, 0.2) is 25.2 Å². The molecule has 0 radical (unpaired) electrons. The maximum atomic E-state index is 5.80. The van der Waals surface area contributed by atoms with Crippen molar-refractivity contribution in [2.45, 2.75) is 13.0 Å². The minimum absolute atomic E-state index is 0.150. The molecule has 12 heavy (non-hydrogen) atoms. The van der Waals surface area contributed by atoms with Gasteiger partial charge in [-0.25, -0.2) is 9.97 Å². The summed E-state index contributed by atoms with van der Waals surface area (Å²) in [6.07, 6.45) is 4.77. The van der Waals surface area contributed by atoms with E-state index in [0.29, 0.717) is 10.8 Å². The van der Waals surface area contributed by atoms with Gasteiger partial charge in [-0.2, -0.15) is 0 Å². The van der Waals surface area contributed by atoms with Gasteiger partial charge in [-0.15, -0.1) is 6.58 Å². The second-order valence-corrected chi connectivity index (χ2v) is 2.80. The molecule has 0 fully saturated rings. The lowest BCUT2D eigenvalue weighted by Crippen LogP contribution is -2.12. The molecule has 1 aromatic heterocycles. The Balaban J connectivity index is 2.75. The van der Waals surface area contributed by atoms with Crippen LogP contribution >= 0.6 is 11.6 Å². The molecular weight excluding hydrogens is 174 g/mol. The number of rotatable bonds is 3. The summed E-state index contributed by atoms with van der Waals surface area (Å²) < 4.78 is 0. The third-order valence-electron chi connectivity index (χ3n) is 1.39. The van der Waals surface area contributed by atoms with Crippen molar-refractivity contribution in [3.8, 4) is 0 Å². The number of nitrogens with one attached hydrogen (secondary N) is 1. The molecule has 0 saturated heterocycles. The van der Waals surface area contributed by atoms with Crippen LogP contribution in [0.1, 0.15) is 6.92 Å². The van der Waals surface area contributed by atoms with E-state index in [4.69, 9.17) is 11.6 Å². The Hall–Kier alpha value is -1.09. The van der Waals surface area contributed by atoms with Gasteiger partial charge in [-0.3, -0.25) is 0 Å². The van der Waals surface area contributed by atoms with E-state index in [1.165, 1.54) is 6.33 Å². The summed E-state index contributed by atoms with van der Waals surface area (Å²) in [4.78, 5) is 7.73. The first kappa shape index (κ1) is 9.00. The largest absolute Gasteiger partial charge is 0.363 e. The summed E-state index contributed by atoms with van der Waals surface area (Å²) in [5, 5.41) is 3.58. The molecule has 1 rings (SSSR count). The van der Waals surface area contributed by atoms with Crippen LogP contribution in [-0.4, -0.2) is 16.0 Å². The quantitative estimate of drug-likeness (QED) is 0.730. The first-order chi connectivity index (χ1) is 5.74. The zero-order chi connectivity index (χ0) is 8.97. The topological polar surface area (TPSA) is 37.8 Å². The van der Waals surface area contributed by atoms with Gasteiger partial charge in [0.15, 0.2) is 0 Å². The standard InChI is InChI=1S/C8H10ClN3/c1-3-6(2)12-8-7(9)4-10-5-11-8/h3-6H,1H2,2H3,(H,10,11,12). The maximum Gasteiger partial charge on any atom is 0.148 e. The predicted octanol–water partition coefficient (Wildman–Crippen LogP) is 2.12. The summed E-state index contributed by atoms with van der Waals surface area (Å²) in [6, 6.07) is 0.150. The molecule has 1 aromatic rings. The SMILES string of the molecule is C=CC(C)Nc1ncncc1Cl. The molecule has 0 saturated carbocycles. The van der Waals surface area contributed by atoms with Crippen molar-refractivity contribution in [3.05, 3.63) is 30.2 Å². The average molecular weight is 184 g/mol. The highest BCUT2D eigenvalue weighted by Crippen LogP contribution is 2.16. The third-order valence-corrected chi connectivity index (χ3v) is 1.66. The zero-order valence-corrected chi connectivity index (χ0v) is 7.54. The molecule has 3 nitrogen and oxygen atoms in total. The normalized spacial score (nSPS) is 12.2. The van der Waals surface area contributed by atoms with Crippen LogP contribution in [0.3, 0.4) is 0 Å². The molecule has 1 heterocycles. The van der Waals surface area contributed by atoms with E-state index in [0.717, 1.165) is 0 Å². The Morgan fingerprint density at radius 1 is 1.75 bits per heavy atom. The monoisotopic (exact) mass is 183 g/mol. The number of halogens is 1. The van der Waals surface area contributed by atoms with Gasteiger partial charge in [0.25, 0.3) is 0 Å². The van der Waals surface area contributed by atoms with Crippen molar-refractivity contribution >= 4 is 17.4 Å². The molecule has 0 aromatic carbocycles. The Labute approximate surface area is 76.5 Å². The fourth-order valence-electron chi connectivity index (χ4n) is 0.693. The molecule has 0 amide bonds. The van der Waals surface area contributed by atoms with Gasteiger partial charge >= 0.3 is 0 Å². The Bertz CT molecular complexity index is 275. The number of anilines is 1. The van der Waals surface area contributed by atoms with E-state index < -0.39 is 0 Å². The summed E-state index contributed by atoms with van der Waals surface area (Å²) in [5.41, 5.74) is 0. The van der Waals surface area contributed by atoms with Crippen LogP contribution in [0.25, 0.3) is 0 Å². The lowest BCUT2D eigenvalue weighted by Gasteiger charge is -2.09. The van der Waals surface area contributed by atoms with Crippen molar-refractivity contribution in [1.82, 2.24) is 9.97 Å². The first-order valence-corrected chi connectivity index (χ1v) is 3.96. The average Bonchev–Trinajstić information content (AvgIpc) is 2.09. The number of aromatic nitrogens is 2. The highest BCUT2D eigenvalue weighted by Gasteiger charge is 2.01. The van der Waals surface area contributed by atoms with Crippen LogP contribution in [0.5, 0.6) is 0 Å². The highest BCUT2D eigenvalue weighted by molar-refractivity contribution is 6.32. The van der Waals surface area contributed by atoms with Crippen molar-refractivity contribution in [1.29, 1.82) is 0 Å². The second kappa shape index (κ2) is 4.07. The van der Waals surface area contributed by atoms with Crippen LogP contribution in [0.2, 0.25) is 5.02 Å². The molecule has 0 aliphatic heterocycles. The van der Waals surface area contributed by atoms with Crippen molar-refractivity contribution in [2.24, 2.45) is 0 Å². The molecule has 0 aliphatic carbocycles. The first-order valence-electron chi connectivity index (χ1n) is 3.58. The minimum atomic E-state index is 0.150. The van der Waals surface area contributed by atoms with Crippen LogP contribution in [0, 0.1) is 0 Å². The minimum Gasteiger partial charge on any atom is -0.363 e. The number of hydrogen-bond donors (Lipinski definition) is 1. The lowest BCUT2D eigenvalue weighted by molar-refractivity contribution is 0.976. The number of hydrogen-bond acceptors (Lipinski definition) is 3. The third kappa shape index (κ3) is 2.20. The van der Waals surface area contributed by atoms with Crippen molar-refractivity contribution < 1.29 is 0 Å². The second-order valence-electron chi connectivity index (χ2n) is 2.39. The van der Waals surface area contributed by atoms with Gasteiger partial charge < -0.3 is 5.32 Å². The van der Waals surface area contributed by atoms with Crippen LogP contribution in [0.4, 0.5) is 5.82 Å². The van der Waals surface area contributed by atoms with E-state index in [9.17, 15) is 0 Å². The molecule has 0 bridgehead atoms. The summed E-state index contributed by atoms with van der Waals surface area (Å²) in [5.74, 6) is 0.638. The smallest absolute Gasteiger partial charge is 0.148 e. The Kier molecular flexibility index (Phi) is 3.05. The Morgan fingerprint density at radius 2 is 2.50 bits per heavy atom. The fraction of sp³-hybridized carbons (Fsp3) is 0.250. The fourth-order valence-corrected chi connectivity index (χ4v) is 0.853. The van der Waals surface area contributed by atoms with Gasteiger partial charge in [-0.05, 0) is 6.92 Å². The maximum absolute atomic E-state index is 5.80. The molecular formula is C8H10ClN3. The van der Waals surface area contributed by atoms with Crippen LogP contribution < -0.4 is 5.32 Å². The Morgan fingerprint density at radius 3 is 3.08 bits per heavy atom. The van der Waals surface area contributed by atoms with Gasteiger partial charge in [0.1, 0.15) is 17.2 Å². The lowest BCUT2D eigenvalue weighted by atomic mass is 10.3. The molecule has 0 aliphatic rings. The summed E-state index contributed by atoms with van der Waals surface area (Å²) in [7, 11) is 0. The van der Waals surface area contributed by atoms with Gasteiger partial charge in [0.2, 0.25) is 0 Å². The van der Waals surface area contributed by atoms with Gasteiger partial charge in [0.05, 0.1) is 6.20 Å². The van der Waals surface area contributed by atoms with E-state index in [1.807, 2.05) is 6.92 Å². The molecule has 1 atom stereocenters. The molecule has 1 unspecified atom stereocenters. The summed E-state index contributed by atoms with van der Waals surface area (Å²) in [6.45, 7) is 5.60.